The Morgan fingerprint density at radius 2 is 1.90 bits per heavy atom. The first-order valence-corrected chi connectivity index (χ1v) is 10.5. The van der Waals surface area contributed by atoms with E-state index in [4.69, 9.17) is 19.2 Å². The summed E-state index contributed by atoms with van der Waals surface area (Å²) in [6.07, 6.45) is 2.72. The number of ether oxygens (including phenoxy) is 3. The van der Waals surface area contributed by atoms with E-state index >= 15 is 0 Å². The van der Waals surface area contributed by atoms with Crippen molar-refractivity contribution in [2.45, 2.75) is 19.9 Å². The zero-order valence-electron chi connectivity index (χ0n) is 17.8. The molecule has 0 aliphatic carbocycles. The molecular formula is C22H30IN5O3. The normalized spacial score (nSPS) is 16.2. The smallest absolute Gasteiger partial charge is 0.196 e. The maximum atomic E-state index is 5.79. The van der Waals surface area contributed by atoms with E-state index in [-0.39, 0.29) is 24.0 Å². The number of hydrogen-bond acceptors (Lipinski definition) is 6. The number of guanidine groups is 1. The highest BCUT2D eigenvalue weighted by molar-refractivity contribution is 14.0. The van der Waals surface area contributed by atoms with Crippen LogP contribution in [0.1, 0.15) is 18.9 Å². The van der Waals surface area contributed by atoms with Gasteiger partial charge in [-0.15, -0.1) is 24.0 Å². The number of halogens is 1. The number of anilines is 2. The van der Waals surface area contributed by atoms with Crippen LogP contribution in [0.5, 0.6) is 11.5 Å². The van der Waals surface area contributed by atoms with E-state index in [2.05, 4.69) is 33.5 Å². The van der Waals surface area contributed by atoms with Gasteiger partial charge in [0.1, 0.15) is 5.82 Å². The van der Waals surface area contributed by atoms with E-state index in [9.17, 15) is 0 Å². The summed E-state index contributed by atoms with van der Waals surface area (Å²) in [5, 5.41) is 6.67. The highest BCUT2D eigenvalue weighted by Crippen LogP contribution is 2.32. The highest BCUT2D eigenvalue weighted by Gasteiger charge is 2.16. The summed E-state index contributed by atoms with van der Waals surface area (Å²) in [7, 11) is 0. The second-order valence-corrected chi connectivity index (χ2v) is 7.12. The Morgan fingerprint density at radius 3 is 2.71 bits per heavy atom. The number of rotatable bonds is 5. The van der Waals surface area contributed by atoms with Crippen LogP contribution in [0, 0.1) is 0 Å². The largest absolute Gasteiger partial charge is 0.490 e. The molecule has 31 heavy (non-hydrogen) atoms. The predicted octanol–water partition coefficient (Wildman–Crippen LogP) is 3.28. The Labute approximate surface area is 200 Å². The molecule has 9 heteroatoms. The molecule has 1 aromatic heterocycles. The van der Waals surface area contributed by atoms with Crippen molar-refractivity contribution in [1.82, 2.24) is 10.3 Å². The molecule has 4 rings (SSSR count). The first-order valence-electron chi connectivity index (χ1n) is 10.5. The van der Waals surface area contributed by atoms with Gasteiger partial charge in [-0.2, -0.15) is 0 Å². The van der Waals surface area contributed by atoms with Crippen molar-refractivity contribution in [2.75, 3.05) is 56.3 Å². The van der Waals surface area contributed by atoms with Gasteiger partial charge in [-0.1, -0.05) is 6.07 Å². The summed E-state index contributed by atoms with van der Waals surface area (Å²) in [5.41, 5.74) is 1.99. The van der Waals surface area contributed by atoms with Gasteiger partial charge in [0.05, 0.1) is 33.0 Å². The molecule has 2 aliphatic heterocycles. The lowest BCUT2D eigenvalue weighted by molar-refractivity contribution is 0.122. The van der Waals surface area contributed by atoms with Crippen molar-refractivity contribution in [1.29, 1.82) is 0 Å². The van der Waals surface area contributed by atoms with Crippen molar-refractivity contribution in [3.05, 3.63) is 42.1 Å². The first kappa shape index (κ1) is 23.4. The van der Waals surface area contributed by atoms with Crippen LogP contribution in [-0.4, -0.2) is 57.0 Å². The molecule has 0 saturated carbocycles. The number of fused-ring (bicyclic) bond motifs is 1. The molecular weight excluding hydrogens is 509 g/mol. The molecule has 2 N–H and O–H groups in total. The number of nitrogens with one attached hydrogen (secondary N) is 2. The van der Waals surface area contributed by atoms with E-state index in [1.807, 2.05) is 30.5 Å². The maximum Gasteiger partial charge on any atom is 0.196 e. The Bertz CT molecular complexity index is 874. The third kappa shape index (κ3) is 6.36. The number of hydrogen-bond donors (Lipinski definition) is 2. The minimum absolute atomic E-state index is 0. The number of aliphatic imine (C=N–C) groups is 1. The molecule has 0 bridgehead atoms. The van der Waals surface area contributed by atoms with Crippen LogP contribution in [0.25, 0.3) is 0 Å². The molecule has 1 saturated heterocycles. The lowest BCUT2D eigenvalue weighted by atomic mass is 10.2. The van der Waals surface area contributed by atoms with Gasteiger partial charge in [-0.05, 0) is 25.1 Å². The Hall–Kier alpha value is -2.27. The van der Waals surface area contributed by atoms with Crippen LogP contribution in [0.15, 0.2) is 41.5 Å². The zero-order chi connectivity index (χ0) is 20.6. The average molecular weight is 539 g/mol. The SMILES string of the molecule is CCNC(=NCc1cccnc1N1CCOCC1)Nc1ccc2c(c1)OCCCO2.I. The van der Waals surface area contributed by atoms with Crippen molar-refractivity contribution in [3.63, 3.8) is 0 Å². The molecule has 0 atom stereocenters. The summed E-state index contributed by atoms with van der Waals surface area (Å²) >= 11 is 0. The highest BCUT2D eigenvalue weighted by atomic mass is 127. The van der Waals surface area contributed by atoms with Crippen LogP contribution < -0.4 is 25.0 Å². The molecule has 168 valence electrons. The lowest BCUT2D eigenvalue weighted by Crippen LogP contribution is -2.37. The third-order valence-corrected chi connectivity index (χ3v) is 4.94. The zero-order valence-corrected chi connectivity index (χ0v) is 20.1. The van der Waals surface area contributed by atoms with Gasteiger partial charge in [0.2, 0.25) is 0 Å². The summed E-state index contributed by atoms with van der Waals surface area (Å²) in [4.78, 5) is 11.6. The van der Waals surface area contributed by atoms with Gasteiger partial charge in [-0.3, -0.25) is 0 Å². The molecule has 1 fully saturated rings. The first-order chi connectivity index (χ1) is 14.8. The van der Waals surface area contributed by atoms with E-state index in [1.54, 1.807) is 0 Å². The quantitative estimate of drug-likeness (QED) is 0.343. The standard InChI is InChI=1S/C22H29N5O3.HI/c1-2-23-22(26-18-6-7-19-20(15-18)30-12-4-11-29-19)25-16-17-5-3-8-24-21(17)27-9-13-28-14-10-27;/h3,5-8,15H,2,4,9-14,16H2,1H3,(H2,23,25,26);1H. The van der Waals surface area contributed by atoms with Crippen LogP contribution in [0.4, 0.5) is 11.5 Å². The molecule has 8 nitrogen and oxygen atoms in total. The molecule has 0 amide bonds. The second-order valence-electron chi connectivity index (χ2n) is 7.12. The van der Waals surface area contributed by atoms with E-state index < -0.39 is 0 Å². The number of morpholine rings is 1. The van der Waals surface area contributed by atoms with Crippen molar-refractivity contribution in [3.8, 4) is 11.5 Å². The summed E-state index contributed by atoms with van der Waals surface area (Å²) < 4.78 is 17.0. The van der Waals surface area contributed by atoms with E-state index in [0.717, 1.165) is 67.8 Å². The van der Waals surface area contributed by atoms with Gasteiger partial charge < -0.3 is 29.7 Å². The predicted molar refractivity (Wildman–Crippen MR) is 133 cm³/mol. The van der Waals surface area contributed by atoms with Crippen molar-refractivity contribution >= 4 is 41.4 Å². The topological polar surface area (TPSA) is 80.2 Å². The minimum Gasteiger partial charge on any atom is -0.490 e. The fourth-order valence-corrected chi connectivity index (χ4v) is 3.46. The van der Waals surface area contributed by atoms with Crippen LogP contribution in [0.2, 0.25) is 0 Å². The van der Waals surface area contributed by atoms with Crippen LogP contribution >= 0.6 is 24.0 Å². The Balaban J connectivity index is 0.00000272. The monoisotopic (exact) mass is 539 g/mol. The number of aromatic nitrogens is 1. The number of nitrogens with zero attached hydrogens (tertiary/aromatic N) is 3. The van der Waals surface area contributed by atoms with Gasteiger partial charge in [0.15, 0.2) is 17.5 Å². The average Bonchev–Trinajstić information content (AvgIpc) is 3.03. The molecule has 0 spiro atoms. The Kier molecular flexibility index (Phi) is 9.01. The maximum absolute atomic E-state index is 5.79. The second kappa shape index (κ2) is 11.9. The number of pyridine rings is 1. The summed E-state index contributed by atoms with van der Waals surface area (Å²) in [6, 6.07) is 9.90. The van der Waals surface area contributed by atoms with Gasteiger partial charge in [0.25, 0.3) is 0 Å². The van der Waals surface area contributed by atoms with Crippen LogP contribution in [-0.2, 0) is 11.3 Å². The van der Waals surface area contributed by atoms with Gasteiger partial charge in [0, 0.05) is 49.6 Å². The minimum atomic E-state index is 0. The van der Waals surface area contributed by atoms with E-state index in [1.165, 1.54) is 0 Å². The molecule has 0 unspecified atom stereocenters. The van der Waals surface area contributed by atoms with Gasteiger partial charge in [-0.25, -0.2) is 9.98 Å². The Morgan fingerprint density at radius 1 is 1.10 bits per heavy atom. The third-order valence-electron chi connectivity index (χ3n) is 4.94. The molecule has 1 aromatic carbocycles. The molecule has 0 radical (unpaired) electrons. The van der Waals surface area contributed by atoms with Crippen LogP contribution in [0.3, 0.4) is 0 Å². The van der Waals surface area contributed by atoms with Crippen molar-refractivity contribution < 1.29 is 14.2 Å². The summed E-state index contributed by atoms with van der Waals surface area (Å²) in [5.74, 6) is 3.24. The summed E-state index contributed by atoms with van der Waals surface area (Å²) in [6.45, 7) is 7.85. The van der Waals surface area contributed by atoms with Crippen molar-refractivity contribution in [2.24, 2.45) is 4.99 Å². The fourth-order valence-electron chi connectivity index (χ4n) is 3.46. The van der Waals surface area contributed by atoms with Gasteiger partial charge >= 0.3 is 0 Å². The molecule has 2 aliphatic rings. The molecule has 2 aromatic rings. The number of benzene rings is 1. The fraction of sp³-hybridized carbons (Fsp3) is 0.455. The van der Waals surface area contributed by atoms with E-state index in [0.29, 0.717) is 25.7 Å². The molecule has 3 heterocycles. The lowest BCUT2D eigenvalue weighted by Gasteiger charge is -2.29.